The fourth-order valence-electron chi connectivity index (χ4n) is 1.92. The van der Waals surface area contributed by atoms with Crippen LogP contribution in [0.25, 0.3) is 0 Å². The third-order valence-corrected chi connectivity index (χ3v) is 2.94. The molecular weight excluding hydrogens is 297 g/mol. The number of aromatic nitrogens is 2. The van der Waals surface area contributed by atoms with Crippen LogP contribution in [0.4, 0.5) is 10.1 Å². The number of carbonyl (C=O) groups is 1. The van der Waals surface area contributed by atoms with Gasteiger partial charge in [-0.25, -0.2) is 9.37 Å². The van der Waals surface area contributed by atoms with Gasteiger partial charge in [0.2, 0.25) is 0 Å². The lowest BCUT2D eigenvalue weighted by Gasteiger charge is -2.08. The van der Waals surface area contributed by atoms with E-state index in [1.54, 1.807) is 48.8 Å². The molecule has 1 amide bonds. The molecule has 0 fully saturated rings. The predicted molar refractivity (Wildman–Crippen MR) is 82.9 cm³/mol. The number of nitrogens with one attached hydrogen (secondary N) is 1. The first-order chi connectivity index (χ1) is 11.2. The van der Waals surface area contributed by atoms with E-state index in [9.17, 15) is 9.18 Å². The SMILES string of the molecule is O=C(Nc1cccc(Oc2cccnc2)c1)c1ncccc1F. The molecule has 0 saturated carbocycles. The van der Waals surface area contributed by atoms with Crippen LogP contribution in [0, 0.1) is 5.82 Å². The van der Waals surface area contributed by atoms with E-state index >= 15 is 0 Å². The molecule has 0 aliphatic carbocycles. The number of carbonyl (C=O) groups excluding carboxylic acids is 1. The van der Waals surface area contributed by atoms with Crippen molar-refractivity contribution >= 4 is 11.6 Å². The first-order valence-corrected chi connectivity index (χ1v) is 6.82. The Morgan fingerprint density at radius 2 is 1.87 bits per heavy atom. The summed E-state index contributed by atoms with van der Waals surface area (Å²) in [6.07, 6.45) is 4.58. The summed E-state index contributed by atoms with van der Waals surface area (Å²) in [5.41, 5.74) is 0.215. The van der Waals surface area contributed by atoms with Crippen LogP contribution >= 0.6 is 0 Å². The standard InChI is InChI=1S/C17H12FN3O2/c18-15-7-3-9-20-16(15)17(22)21-12-4-1-5-13(10-12)23-14-6-2-8-19-11-14/h1-11H,(H,21,22). The van der Waals surface area contributed by atoms with Crippen LogP contribution < -0.4 is 10.1 Å². The Bertz CT molecular complexity index is 825. The number of hydrogen-bond acceptors (Lipinski definition) is 4. The molecule has 0 aliphatic heterocycles. The summed E-state index contributed by atoms with van der Waals surface area (Å²) in [5, 5.41) is 2.59. The van der Waals surface area contributed by atoms with Gasteiger partial charge in [0.05, 0.1) is 6.20 Å². The number of hydrogen-bond donors (Lipinski definition) is 1. The monoisotopic (exact) mass is 309 g/mol. The van der Waals surface area contributed by atoms with Crippen molar-refractivity contribution in [3.63, 3.8) is 0 Å². The molecule has 0 bridgehead atoms. The van der Waals surface area contributed by atoms with Crippen molar-refractivity contribution in [2.45, 2.75) is 0 Å². The summed E-state index contributed by atoms with van der Waals surface area (Å²) in [4.78, 5) is 19.7. The summed E-state index contributed by atoms with van der Waals surface area (Å²) in [7, 11) is 0. The van der Waals surface area contributed by atoms with Gasteiger partial charge in [-0.15, -0.1) is 0 Å². The molecule has 2 heterocycles. The maximum Gasteiger partial charge on any atom is 0.277 e. The van der Waals surface area contributed by atoms with Crippen molar-refractivity contribution in [2.75, 3.05) is 5.32 Å². The van der Waals surface area contributed by atoms with Crippen molar-refractivity contribution in [1.82, 2.24) is 9.97 Å². The van der Waals surface area contributed by atoms with E-state index in [0.717, 1.165) is 0 Å². The molecule has 2 aromatic heterocycles. The molecular formula is C17H12FN3O2. The highest BCUT2D eigenvalue weighted by Gasteiger charge is 2.13. The molecule has 1 N–H and O–H groups in total. The number of amides is 1. The lowest BCUT2D eigenvalue weighted by Crippen LogP contribution is -2.15. The number of ether oxygens (including phenoxy) is 1. The van der Waals surface area contributed by atoms with Gasteiger partial charge in [0, 0.05) is 24.1 Å². The van der Waals surface area contributed by atoms with Crippen molar-refractivity contribution < 1.29 is 13.9 Å². The topological polar surface area (TPSA) is 64.1 Å². The molecule has 0 aliphatic rings. The van der Waals surface area contributed by atoms with Crippen LogP contribution in [0.15, 0.2) is 67.1 Å². The normalized spacial score (nSPS) is 10.1. The summed E-state index contributed by atoms with van der Waals surface area (Å²) < 4.78 is 19.2. The minimum atomic E-state index is -0.673. The molecule has 0 spiro atoms. The highest BCUT2D eigenvalue weighted by Crippen LogP contribution is 2.23. The second-order valence-corrected chi connectivity index (χ2v) is 4.61. The van der Waals surface area contributed by atoms with Gasteiger partial charge in [-0.05, 0) is 36.4 Å². The van der Waals surface area contributed by atoms with Crippen LogP contribution in [0.5, 0.6) is 11.5 Å². The molecule has 114 valence electrons. The van der Waals surface area contributed by atoms with E-state index in [2.05, 4.69) is 15.3 Å². The molecule has 6 heteroatoms. The second-order valence-electron chi connectivity index (χ2n) is 4.61. The molecule has 3 rings (SSSR count). The van der Waals surface area contributed by atoms with Crippen LogP contribution in [0.1, 0.15) is 10.5 Å². The molecule has 0 unspecified atom stereocenters. The van der Waals surface area contributed by atoms with Gasteiger partial charge in [0.25, 0.3) is 5.91 Å². The number of halogens is 1. The van der Waals surface area contributed by atoms with Crippen LogP contribution in [0.3, 0.4) is 0 Å². The lowest BCUT2D eigenvalue weighted by atomic mass is 10.2. The summed E-state index contributed by atoms with van der Waals surface area (Å²) in [5.74, 6) is -0.196. The van der Waals surface area contributed by atoms with E-state index in [1.807, 2.05) is 0 Å². The molecule has 0 atom stereocenters. The first kappa shape index (κ1) is 14.6. The first-order valence-electron chi connectivity index (χ1n) is 6.82. The zero-order valence-electron chi connectivity index (χ0n) is 11.9. The maximum atomic E-state index is 13.6. The van der Waals surface area contributed by atoms with E-state index in [-0.39, 0.29) is 5.69 Å². The van der Waals surface area contributed by atoms with Crippen molar-refractivity contribution in [3.05, 3.63) is 78.6 Å². The average Bonchev–Trinajstić information content (AvgIpc) is 2.56. The predicted octanol–water partition coefficient (Wildman–Crippen LogP) is 3.66. The third-order valence-electron chi connectivity index (χ3n) is 2.94. The maximum absolute atomic E-state index is 13.6. The number of nitrogens with zero attached hydrogens (tertiary/aromatic N) is 2. The van der Waals surface area contributed by atoms with Crippen molar-refractivity contribution in [2.24, 2.45) is 0 Å². The summed E-state index contributed by atoms with van der Waals surface area (Å²) >= 11 is 0. The fraction of sp³-hybridized carbons (Fsp3) is 0. The summed E-state index contributed by atoms with van der Waals surface area (Å²) in [6, 6.07) is 12.9. The van der Waals surface area contributed by atoms with Crippen LogP contribution in [0.2, 0.25) is 0 Å². The van der Waals surface area contributed by atoms with Gasteiger partial charge in [-0.3, -0.25) is 9.78 Å². The summed E-state index contributed by atoms with van der Waals surface area (Å²) in [6.45, 7) is 0. The quantitative estimate of drug-likeness (QED) is 0.799. The molecule has 5 nitrogen and oxygen atoms in total. The number of anilines is 1. The number of benzene rings is 1. The van der Waals surface area contributed by atoms with Gasteiger partial charge >= 0.3 is 0 Å². The third kappa shape index (κ3) is 3.68. The van der Waals surface area contributed by atoms with Crippen molar-refractivity contribution in [3.8, 4) is 11.5 Å². The molecule has 1 aromatic carbocycles. The smallest absolute Gasteiger partial charge is 0.277 e. The molecule has 3 aromatic rings. The van der Waals surface area contributed by atoms with E-state index in [4.69, 9.17) is 4.74 Å². The highest BCUT2D eigenvalue weighted by atomic mass is 19.1. The average molecular weight is 309 g/mol. The Kier molecular flexibility index (Phi) is 4.24. The minimum Gasteiger partial charge on any atom is -0.456 e. The fourth-order valence-corrected chi connectivity index (χ4v) is 1.92. The molecule has 0 radical (unpaired) electrons. The molecule has 23 heavy (non-hydrogen) atoms. The van der Waals surface area contributed by atoms with Gasteiger partial charge < -0.3 is 10.1 Å². The Morgan fingerprint density at radius 3 is 2.65 bits per heavy atom. The van der Waals surface area contributed by atoms with Crippen LogP contribution in [-0.4, -0.2) is 15.9 Å². The zero-order valence-corrected chi connectivity index (χ0v) is 11.9. The van der Waals surface area contributed by atoms with Crippen molar-refractivity contribution in [1.29, 1.82) is 0 Å². The van der Waals surface area contributed by atoms with Gasteiger partial charge in [0.15, 0.2) is 11.5 Å². The zero-order chi connectivity index (χ0) is 16.1. The Hall–Kier alpha value is -3.28. The highest BCUT2D eigenvalue weighted by molar-refractivity contribution is 6.03. The van der Waals surface area contributed by atoms with Gasteiger partial charge in [-0.1, -0.05) is 6.07 Å². The van der Waals surface area contributed by atoms with E-state index in [1.165, 1.54) is 18.3 Å². The lowest BCUT2D eigenvalue weighted by molar-refractivity contribution is 0.101. The van der Waals surface area contributed by atoms with Crippen LogP contribution in [-0.2, 0) is 0 Å². The Balaban J connectivity index is 1.75. The van der Waals surface area contributed by atoms with E-state index in [0.29, 0.717) is 17.2 Å². The largest absolute Gasteiger partial charge is 0.456 e. The minimum absolute atomic E-state index is 0.258. The number of pyridine rings is 2. The van der Waals surface area contributed by atoms with Gasteiger partial charge in [-0.2, -0.15) is 0 Å². The Labute approximate surface area is 131 Å². The molecule has 0 saturated heterocycles. The second kappa shape index (κ2) is 6.65. The van der Waals surface area contributed by atoms with Gasteiger partial charge in [0.1, 0.15) is 11.5 Å². The Morgan fingerprint density at radius 1 is 1.04 bits per heavy atom. The van der Waals surface area contributed by atoms with E-state index < -0.39 is 11.7 Å². The number of rotatable bonds is 4.